The fourth-order valence-corrected chi connectivity index (χ4v) is 3.50. The van der Waals surface area contributed by atoms with Crippen molar-refractivity contribution in [1.82, 2.24) is 15.7 Å². The minimum Gasteiger partial charge on any atom is -0.350 e. The highest BCUT2D eigenvalue weighted by atomic mass is 16.5. The lowest BCUT2D eigenvalue weighted by Crippen LogP contribution is -2.40. The van der Waals surface area contributed by atoms with Crippen LogP contribution in [0.5, 0.6) is 0 Å². The number of carbonyl (C=O) groups is 3. The molecule has 7 heteroatoms. The van der Waals surface area contributed by atoms with Gasteiger partial charge >= 0.3 is 0 Å². The van der Waals surface area contributed by atoms with E-state index < -0.39 is 5.91 Å². The Morgan fingerprint density at radius 1 is 0.879 bits per heavy atom. The van der Waals surface area contributed by atoms with Gasteiger partial charge in [0.15, 0.2) is 0 Å². The molecule has 3 amide bonds. The summed E-state index contributed by atoms with van der Waals surface area (Å²) in [5.74, 6) is -1.14. The van der Waals surface area contributed by atoms with Gasteiger partial charge in [0.1, 0.15) is 6.54 Å². The van der Waals surface area contributed by atoms with Gasteiger partial charge in [-0.25, -0.2) is 5.48 Å². The molecule has 0 aliphatic rings. The van der Waals surface area contributed by atoms with Crippen LogP contribution in [0.3, 0.4) is 0 Å². The van der Waals surface area contributed by atoms with Crippen molar-refractivity contribution in [2.45, 2.75) is 26.9 Å². The molecule has 3 rings (SSSR count). The maximum atomic E-state index is 13.4. The number of benzene rings is 3. The second-order valence-corrected chi connectivity index (χ2v) is 7.88. The molecule has 7 nitrogen and oxygen atoms in total. The minimum atomic E-state index is -0.620. The number of aryl methyl sites for hydroxylation is 2. The molecule has 3 aromatic carbocycles. The number of carbonyl (C=O) groups excluding carboxylic acids is 3. The Bertz CT molecular complexity index is 1130. The first-order valence-corrected chi connectivity index (χ1v) is 10.6. The molecular formula is C26H27N3O4. The first kappa shape index (κ1) is 23.7. The standard InChI is InChI=1S/C26H27N3O4/c1-18-8-13-23(19(2)14-18)26(32)29(16-21-9-11-22(12-10-21)25(31)28-33)17-24(30)27-15-20-6-4-3-5-7-20/h3-14,33H,15-17H2,1-2H3,(H,27,30)(H,28,31). The summed E-state index contributed by atoms with van der Waals surface area (Å²) in [6, 6.07) is 21.6. The van der Waals surface area contributed by atoms with Crippen molar-refractivity contribution >= 4 is 17.7 Å². The number of hydroxylamine groups is 1. The van der Waals surface area contributed by atoms with Gasteiger partial charge < -0.3 is 10.2 Å². The Balaban J connectivity index is 1.78. The number of nitrogens with zero attached hydrogens (tertiary/aromatic N) is 1. The van der Waals surface area contributed by atoms with E-state index in [2.05, 4.69) is 5.32 Å². The van der Waals surface area contributed by atoms with Crippen LogP contribution in [-0.4, -0.2) is 34.4 Å². The third kappa shape index (κ3) is 6.51. The molecule has 3 N–H and O–H groups in total. The normalized spacial score (nSPS) is 10.4. The highest BCUT2D eigenvalue weighted by molar-refractivity contribution is 5.98. The number of amides is 3. The quantitative estimate of drug-likeness (QED) is 0.366. The first-order valence-electron chi connectivity index (χ1n) is 10.6. The van der Waals surface area contributed by atoms with Crippen LogP contribution in [0.25, 0.3) is 0 Å². The van der Waals surface area contributed by atoms with Crippen LogP contribution in [-0.2, 0) is 17.9 Å². The third-order valence-corrected chi connectivity index (χ3v) is 5.26. The summed E-state index contributed by atoms with van der Waals surface area (Å²) >= 11 is 0. The number of rotatable bonds is 8. The van der Waals surface area contributed by atoms with Crippen LogP contribution in [0.4, 0.5) is 0 Å². The van der Waals surface area contributed by atoms with Gasteiger partial charge in [-0.2, -0.15) is 0 Å². The topological polar surface area (TPSA) is 98.7 Å². The van der Waals surface area contributed by atoms with E-state index in [0.717, 1.165) is 22.3 Å². The Morgan fingerprint density at radius 3 is 2.21 bits per heavy atom. The molecule has 0 spiro atoms. The van der Waals surface area contributed by atoms with Crippen LogP contribution in [0.2, 0.25) is 0 Å². The molecule has 3 aromatic rings. The molecule has 0 aromatic heterocycles. The molecule has 0 radical (unpaired) electrons. The van der Waals surface area contributed by atoms with Gasteiger partial charge in [0, 0.05) is 24.2 Å². The zero-order valence-corrected chi connectivity index (χ0v) is 18.7. The van der Waals surface area contributed by atoms with Crippen LogP contribution in [0.1, 0.15) is 43.0 Å². The zero-order valence-electron chi connectivity index (χ0n) is 18.7. The van der Waals surface area contributed by atoms with E-state index in [1.165, 1.54) is 4.90 Å². The summed E-state index contributed by atoms with van der Waals surface area (Å²) in [6.45, 7) is 4.27. The van der Waals surface area contributed by atoms with Crippen molar-refractivity contribution in [2.75, 3.05) is 6.54 Å². The third-order valence-electron chi connectivity index (χ3n) is 5.26. The molecule has 0 aliphatic carbocycles. The SMILES string of the molecule is Cc1ccc(C(=O)N(CC(=O)NCc2ccccc2)Cc2ccc(C(=O)NO)cc2)c(C)c1. The van der Waals surface area contributed by atoms with Crippen LogP contribution < -0.4 is 10.8 Å². The van der Waals surface area contributed by atoms with Gasteiger partial charge in [-0.05, 0) is 48.7 Å². The molecular weight excluding hydrogens is 418 g/mol. The van der Waals surface area contributed by atoms with Gasteiger partial charge in [0.05, 0.1) is 0 Å². The largest absolute Gasteiger partial charge is 0.350 e. The van der Waals surface area contributed by atoms with E-state index in [-0.39, 0.29) is 30.5 Å². The van der Waals surface area contributed by atoms with E-state index >= 15 is 0 Å². The Kier molecular flexibility index (Phi) is 7.94. The molecule has 33 heavy (non-hydrogen) atoms. The van der Waals surface area contributed by atoms with Crippen molar-refractivity contribution in [3.8, 4) is 0 Å². The summed E-state index contributed by atoms with van der Waals surface area (Å²) in [5, 5.41) is 11.6. The fourth-order valence-electron chi connectivity index (χ4n) is 3.50. The van der Waals surface area contributed by atoms with Gasteiger partial charge in [0.2, 0.25) is 5.91 Å². The lowest BCUT2D eigenvalue weighted by Gasteiger charge is -2.23. The van der Waals surface area contributed by atoms with Crippen LogP contribution in [0.15, 0.2) is 72.8 Å². The maximum absolute atomic E-state index is 13.4. The van der Waals surface area contributed by atoms with Crippen molar-refractivity contribution in [2.24, 2.45) is 0 Å². The molecule has 0 unspecified atom stereocenters. The predicted octanol–water partition coefficient (Wildman–Crippen LogP) is 3.38. The second kappa shape index (κ2) is 11.1. The molecule has 0 saturated heterocycles. The van der Waals surface area contributed by atoms with Gasteiger partial charge in [0.25, 0.3) is 11.8 Å². The van der Waals surface area contributed by atoms with Crippen molar-refractivity contribution in [3.63, 3.8) is 0 Å². The summed E-state index contributed by atoms with van der Waals surface area (Å²) in [5.41, 5.74) is 6.01. The zero-order chi connectivity index (χ0) is 23.8. The maximum Gasteiger partial charge on any atom is 0.274 e. The van der Waals surface area contributed by atoms with E-state index in [0.29, 0.717) is 12.1 Å². The molecule has 0 heterocycles. The fraction of sp³-hybridized carbons (Fsp3) is 0.192. The van der Waals surface area contributed by atoms with Gasteiger partial charge in [-0.15, -0.1) is 0 Å². The first-order chi connectivity index (χ1) is 15.9. The molecule has 0 aliphatic heterocycles. The molecule has 0 saturated carbocycles. The highest BCUT2D eigenvalue weighted by Gasteiger charge is 2.21. The van der Waals surface area contributed by atoms with Crippen molar-refractivity contribution in [3.05, 3.63) is 106 Å². The molecule has 170 valence electrons. The summed E-state index contributed by atoms with van der Waals surface area (Å²) in [7, 11) is 0. The Morgan fingerprint density at radius 2 is 1.58 bits per heavy atom. The summed E-state index contributed by atoms with van der Waals surface area (Å²) in [4.78, 5) is 39.1. The average molecular weight is 446 g/mol. The molecule has 0 fully saturated rings. The smallest absolute Gasteiger partial charge is 0.274 e. The van der Waals surface area contributed by atoms with E-state index in [9.17, 15) is 14.4 Å². The number of hydrogen-bond acceptors (Lipinski definition) is 4. The van der Waals surface area contributed by atoms with Crippen molar-refractivity contribution in [1.29, 1.82) is 0 Å². The van der Waals surface area contributed by atoms with Crippen molar-refractivity contribution < 1.29 is 19.6 Å². The summed E-state index contributed by atoms with van der Waals surface area (Å²) in [6.07, 6.45) is 0. The molecule has 0 atom stereocenters. The van der Waals surface area contributed by atoms with Crippen LogP contribution in [0, 0.1) is 13.8 Å². The monoisotopic (exact) mass is 445 g/mol. The van der Waals surface area contributed by atoms with Gasteiger partial charge in [-0.1, -0.05) is 60.2 Å². The number of nitrogens with one attached hydrogen (secondary N) is 2. The van der Waals surface area contributed by atoms with Gasteiger partial charge in [-0.3, -0.25) is 19.6 Å². The average Bonchev–Trinajstić information content (AvgIpc) is 2.82. The molecule has 0 bridgehead atoms. The lowest BCUT2D eigenvalue weighted by atomic mass is 10.0. The van der Waals surface area contributed by atoms with E-state index in [1.807, 2.05) is 56.3 Å². The second-order valence-electron chi connectivity index (χ2n) is 7.88. The lowest BCUT2D eigenvalue weighted by molar-refractivity contribution is -0.122. The van der Waals surface area contributed by atoms with E-state index in [4.69, 9.17) is 5.21 Å². The van der Waals surface area contributed by atoms with Crippen LogP contribution >= 0.6 is 0 Å². The minimum absolute atomic E-state index is 0.113. The predicted molar refractivity (Wildman–Crippen MR) is 125 cm³/mol. The van der Waals surface area contributed by atoms with E-state index in [1.54, 1.807) is 35.8 Å². The highest BCUT2D eigenvalue weighted by Crippen LogP contribution is 2.16. The Hall–Kier alpha value is -3.97. The number of hydrogen-bond donors (Lipinski definition) is 3. The Labute approximate surface area is 193 Å². The summed E-state index contributed by atoms with van der Waals surface area (Å²) < 4.78 is 0.